The van der Waals surface area contributed by atoms with Crippen molar-refractivity contribution in [1.29, 1.82) is 0 Å². The number of amides is 2. The maximum Gasteiger partial charge on any atom is 0.311 e. The second-order valence-corrected chi connectivity index (χ2v) is 18.4. The smallest absolute Gasteiger partial charge is 0.311 e. The molecule has 0 aromatic heterocycles. The molecule has 320 valence electrons. The Bertz CT molecular complexity index is 1250. The van der Waals surface area contributed by atoms with E-state index in [1.54, 1.807) is 0 Å². The van der Waals surface area contributed by atoms with Gasteiger partial charge < -0.3 is 25.2 Å². The molecule has 2 amide bonds. The van der Waals surface area contributed by atoms with E-state index in [-0.39, 0.29) is 60.5 Å². The maximum absolute atomic E-state index is 13.1. The monoisotopic (exact) mass is 783 g/mol. The van der Waals surface area contributed by atoms with E-state index < -0.39 is 17.6 Å². The van der Waals surface area contributed by atoms with Crippen LogP contribution in [0.3, 0.4) is 0 Å². The second-order valence-electron chi connectivity index (χ2n) is 18.4. The van der Waals surface area contributed by atoms with Crippen LogP contribution >= 0.6 is 0 Å². The van der Waals surface area contributed by atoms with Crippen molar-refractivity contribution in [2.24, 2.45) is 29.1 Å². The SMILES string of the molecule is CCCCCCCC/C=C\CCCCCCCC(=O)N1CCC(NC(=O)CC(O)CC(O)CCC2C(C)C=CC3=C[C@H](C)CC(OC(=O)C(C)(C)CC)C32)CC1. The van der Waals surface area contributed by atoms with Gasteiger partial charge in [0.1, 0.15) is 6.10 Å². The number of nitrogens with one attached hydrogen (secondary N) is 1. The number of hydrogen-bond donors (Lipinski definition) is 3. The zero-order valence-electron chi connectivity index (χ0n) is 36.5. The van der Waals surface area contributed by atoms with Gasteiger partial charge in [-0.1, -0.05) is 109 Å². The van der Waals surface area contributed by atoms with Crippen molar-refractivity contribution in [2.75, 3.05) is 13.1 Å². The molecule has 1 fully saturated rings. The van der Waals surface area contributed by atoms with Crippen molar-refractivity contribution in [3.05, 3.63) is 36.0 Å². The van der Waals surface area contributed by atoms with Gasteiger partial charge in [-0.2, -0.15) is 0 Å². The Balaban J connectivity index is 1.28. The molecule has 1 saturated heterocycles. The number of aliphatic hydroxyl groups excluding tert-OH is 2. The van der Waals surface area contributed by atoms with Crippen molar-refractivity contribution < 1.29 is 29.3 Å². The Morgan fingerprint density at radius 1 is 0.911 bits per heavy atom. The number of rotatable bonds is 26. The highest BCUT2D eigenvalue weighted by atomic mass is 16.5. The normalized spacial score (nSPS) is 24.1. The number of esters is 1. The first-order valence-corrected chi connectivity index (χ1v) is 23.0. The van der Waals surface area contributed by atoms with Crippen LogP contribution in [0.1, 0.15) is 183 Å². The number of unbranched alkanes of at least 4 members (excludes halogenated alkanes) is 11. The van der Waals surface area contributed by atoms with Crippen molar-refractivity contribution >= 4 is 17.8 Å². The molecule has 2 aliphatic carbocycles. The van der Waals surface area contributed by atoms with E-state index in [1.165, 1.54) is 76.2 Å². The van der Waals surface area contributed by atoms with Crippen LogP contribution in [0.2, 0.25) is 0 Å². The molecule has 3 N–H and O–H groups in total. The van der Waals surface area contributed by atoms with Crippen LogP contribution in [-0.2, 0) is 19.1 Å². The third-order valence-electron chi connectivity index (χ3n) is 13.0. The number of fused-ring (bicyclic) bond motifs is 1. The van der Waals surface area contributed by atoms with Gasteiger partial charge in [-0.15, -0.1) is 0 Å². The predicted molar refractivity (Wildman–Crippen MR) is 229 cm³/mol. The summed E-state index contributed by atoms with van der Waals surface area (Å²) in [6.07, 6.45) is 30.6. The zero-order chi connectivity index (χ0) is 40.9. The molecule has 6 unspecified atom stereocenters. The summed E-state index contributed by atoms with van der Waals surface area (Å²) in [6, 6.07) is -0.00484. The van der Waals surface area contributed by atoms with Gasteiger partial charge in [0, 0.05) is 31.5 Å². The Morgan fingerprint density at radius 2 is 1.54 bits per heavy atom. The fourth-order valence-electron chi connectivity index (χ4n) is 8.84. The van der Waals surface area contributed by atoms with Crippen LogP contribution < -0.4 is 5.32 Å². The molecule has 0 bridgehead atoms. The van der Waals surface area contributed by atoms with Crippen molar-refractivity contribution in [3.63, 3.8) is 0 Å². The Hall–Kier alpha value is -2.45. The molecule has 0 spiro atoms. The van der Waals surface area contributed by atoms with Gasteiger partial charge in [-0.05, 0) is 114 Å². The van der Waals surface area contributed by atoms with Crippen molar-refractivity contribution in [2.45, 2.75) is 207 Å². The van der Waals surface area contributed by atoms with Crippen LogP contribution in [0.15, 0.2) is 36.0 Å². The first-order chi connectivity index (χ1) is 26.8. The second kappa shape index (κ2) is 25.8. The molecule has 8 heteroatoms. The molecule has 1 heterocycles. The number of nitrogens with zero attached hydrogens (tertiary/aromatic N) is 1. The summed E-state index contributed by atoms with van der Waals surface area (Å²) in [4.78, 5) is 40.7. The van der Waals surface area contributed by atoms with Crippen LogP contribution in [0.5, 0.6) is 0 Å². The number of allylic oxidation sites excluding steroid dienone is 5. The predicted octanol–water partition coefficient (Wildman–Crippen LogP) is 10.2. The van der Waals surface area contributed by atoms with Gasteiger partial charge in [0.05, 0.1) is 24.0 Å². The third kappa shape index (κ3) is 17.2. The van der Waals surface area contributed by atoms with Gasteiger partial charge in [-0.3, -0.25) is 14.4 Å². The molecule has 0 saturated carbocycles. The van der Waals surface area contributed by atoms with Crippen LogP contribution in [-0.4, -0.2) is 70.3 Å². The lowest BCUT2D eigenvalue weighted by atomic mass is 9.65. The lowest BCUT2D eigenvalue weighted by Crippen LogP contribution is -2.47. The number of piperidine rings is 1. The van der Waals surface area contributed by atoms with Crippen LogP contribution in [0.4, 0.5) is 0 Å². The number of ether oxygens (including phenoxy) is 1. The zero-order valence-corrected chi connectivity index (χ0v) is 36.5. The topological polar surface area (TPSA) is 116 Å². The average Bonchev–Trinajstić information content (AvgIpc) is 3.16. The summed E-state index contributed by atoms with van der Waals surface area (Å²) < 4.78 is 6.23. The van der Waals surface area contributed by atoms with E-state index in [9.17, 15) is 24.6 Å². The van der Waals surface area contributed by atoms with E-state index in [0.29, 0.717) is 38.3 Å². The van der Waals surface area contributed by atoms with E-state index in [0.717, 1.165) is 38.5 Å². The molecular weight excluding hydrogens is 701 g/mol. The van der Waals surface area contributed by atoms with E-state index >= 15 is 0 Å². The largest absolute Gasteiger partial charge is 0.461 e. The highest BCUT2D eigenvalue weighted by molar-refractivity contribution is 5.77. The van der Waals surface area contributed by atoms with Crippen molar-refractivity contribution in [1.82, 2.24) is 10.2 Å². The first-order valence-electron chi connectivity index (χ1n) is 23.0. The molecule has 7 atom stereocenters. The minimum absolute atomic E-state index is 0.00484. The fourth-order valence-corrected chi connectivity index (χ4v) is 8.84. The average molecular weight is 783 g/mol. The third-order valence-corrected chi connectivity index (χ3v) is 13.0. The molecule has 8 nitrogen and oxygen atoms in total. The summed E-state index contributed by atoms with van der Waals surface area (Å²) in [5.74, 6) is 0.732. The van der Waals surface area contributed by atoms with Crippen LogP contribution in [0.25, 0.3) is 0 Å². The maximum atomic E-state index is 13.1. The molecule has 3 rings (SSSR count). The lowest BCUT2D eigenvalue weighted by molar-refractivity contribution is -0.164. The Labute approximate surface area is 341 Å². The standard InChI is InChI=1S/C48H82N2O6/c1-7-9-10-11-12-13-14-15-16-17-18-19-20-21-22-23-45(54)50-30-28-39(29-31-50)49-44(53)35-41(52)34-40(51)26-27-42-37(4)24-25-38-32-36(3)33-43(46(38)42)56-47(55)48(5,6)8-2/h15-16,24-25,32,36-37,39-43,46,51-52H,7-14,17-23,26-31,33-35H2,1-6H3,(H,49,53)/b16-15-/t36-,37?,40?,41?,42?,43?,46?/m0/s1. The van der Waals surface area contributed by atoms with Gasteiger partial charge in [0.25, 0.3) is 0 Å². The highest BCUT2D eigenvalue weighted by Crippen LogP contribution is 2.45. The van der Waals surface area contributed by atoms with Gasteiger partial charge in [0.15, 0.2) is 0 Å². The first kappa shape index (κ1) is 47.9. The summed E-state index contributed by atoms with van der Waals surface area (Å²) in [6.45, 7) is 13.8. The van der Waals surface area contributed by atoms with E-state index in [2.05, 4.69) is 56.5 Å². The van der Waals surface area contributed by atoms with E-state index in [1.807, 2.05) is 25.7 Å². The minimum atomic E-state index is -0.933. The van der Waals surface area contributed by atoms with Gasteiger partial charge in [0.2, 0.25) is 11.8 Å². The van der Waals surface area contributed by atoms with Crippen molar-refractivity contribution in [3.8, 4) is 0 Å². The molecule has 0 aromatic carbocycles. The molecule has 56 heavy (non-hydrogen) atoms. The summed E-state index contributed by atoms with van der Waals surface area (Å²) >= 11 is 0. The number of aliphatic hydroxyl groups is 2. The van der Waals surface area contributed by atoms with Gasteiger partial charge in [-0.25, -0.2) is 0 Å². The number of carbonyl (C=O) groups excluding carboxylic acids is 3. The molecule has 0 aromatic rings. The lowest BCUT2D eigenvalue weighted by Gasteiger charge is -2.44. The summed E-state index contributed by atoms with van der Waals surface area (Å²) in [5.41, 5.74) is 0.688. The molecule has 3 aliphatic rings. The molecule has 0 radical (unpaired) electrons. The summed E-state index contributed by atoms with van der Waals surface area (Å²) in [5, 5.41) is 24.8. The highest BCUT2D eigenvalue weighted by Gasteiger charge is 2.43. The minimum Gasteiger partial charge on any atom is -0.461 e. The van der Waals surface area contributed by atoms with Crippen LogP contribution in [0, 0.1) is 29.1 Å². The number of likely N-dealkylation sites (tertiary alicyclic amines) is 1. The quantitative estimate of drug-likeness (QED) is 0.0457. The van der Waals surface area contributed by atoms with Gasteiger partial charge >= 0.3 is 5.97 Å². The molecular formula is C48H82N2O6. The number of hydrogen-bond acceptors (Lipinski definition) is 6. The Kier molecular flexibility index (Phi) is 22.1. The van der Waals surface area contributed by atoms with E-state index in [4.69, 9.17) is 4.74 Å². The fraction of sp³-hybridized carbons (Fsp3) is 0.812. The summed E-state index contributed by atoms with van der Waals surface area (Å²) in [7, 11) is 0. The Morgan fingerprint density at radius 3 is 2.18 bits per heavy atom. The molecule has 1 aliphatic heterocycles. The number of carbonyl (C=O) groups is 3.